The van der Waals surface area contributed by atoms with Crippen molar-refractivity contribution >= 4 is 0 Å². The van der Waals surface area contributed by atoms with Crippen molar-refractivity contribution in [2.45, 2.75) is 40.7 Å². The zero-order valence-electron chi connectivity index (χ0n) is 13.6. The Morgan fingerprint density at radius 3 is 2.38 bits per heavy atom. The first kappa shape index (κ1) is 19.6. The molecule has 0 aliphatic carbocycles. The van der Waals surface area contributed by atoms with Gasteiger partial charge in [-0.1, -0.05) is 19.9 Å². The number of methoxy groups -OCH3 is 1. The molecule has 0 bridgehead atoms. The summed E-state index contributed by atoms with van der Waals surface area (Å²) in [5.74, 6) is 1.46. The molecule has 1 heterocycles. The van der Waals surface area contributed by atoms with Gasteiger partial charge in [0.25, 0.3) is 0 Å². The third-order valence-corrected chi connectivity index (χ3v) is 2.52. The average Bonchev–Trinajstić information content (AvgIpc) is 2.81. The second-order valence-corrected chi connectivity index (χ2v) is 4.40. The average molecular weight is 327 g/mol. The van der Waals surface area contributed by atoms with E-state index >= 15 is 0 Å². The number of aryl methyl sites for hydroxylation is 1. The molecule has 0 aliphatic rings. The summed E-state index contributed by atoms with van der Waals surface area (Å²) in [4.78, 5) is 0. The zero-order valence-corrected chi connectivity index (χ0v) is 15.0. The smallest absolute Gasteiger partial charge is 0.233 e. The van der Waals surface area contributed by atoms with E-state index in [2.05, 4.69) is 5.10 Å². The van der Waals surface area contributed by atoms with E-state index < -0.39 is 0 Å². The predicted octanol–water partition coefficient (Wildman–Crippen LogP) is 4.00. The van der Waals surface area contributed by atoms with Gasteiger partial charge in [0.1, 0.15) is 5.75 Å². The Kier molecular flexibility index (Phi) is 8.90. The molecule has 0 amide bonds. The molecule has 4 nitrogen and oxygen atoms in total. The first-order chi connectivity index (χ1) is 9.60. The topological polar surface area (TPSA) is 36.3 Å². The van der Waals surface area contributed by atoms with Crippen LogP contribution in [-0.4, -0.2) is 23.0 Å². The van der Waals surface area contributed by atoms with Gasteiger partial charge >= 0.3 is 0 Å². The Hall–Kier alpha value is -1.39. The van der Waals surface area contributed by atoms with Gasteiger partial charge in [0.2, 0.25) is 5.88 Å². The largest absolute Gasteiger partial charge is 0.497 e. The van der Waals surface area contributed by atoms with Crippen molar-refractivity contribution in [3.05, 3.63) is 36.0 Å². The van der Waals surface area contributed by atoms with E-state index in [1.165, 1.54) is 0 Å². The Morgan fingerprint density at radius 1 is 1.14 bits per heavy atom. The van der Waals surface area contributed by atoms with E-state index in [1.54, 1.807) is 7.11 Å². The second kappa shape index (κ2) is 9.53. The van der Waals surface area contributed by atoms with Crippen LogP contribution in [0.25, 0.3) is 5.69 Å². The normalized spacial score (nSPS) is 9.48. The summed E-state index contributed by atoms with van der Waals surface area (Å²) in [6.07, 6.45) is 0.123. The van der Waals surface area contributed by atoms with E-state index in [9.17, 15) is 0 Å². The van der Waals surface area contributed by atoms with Crippen molar-refractivity contribution in [1.29, 1.82) is 0 Å². The van der Waals surface area contributed by atoms with Gasteiger partial charge in [-0.2, -0.15) is 0 Å². The standard InChI is InChI=1S/C14H18N2O2.C2H6.V/c1-10(2)18-14-8-11(3)16(15-14)12-6-5-7-13(9-12)17-4;1-2;/h5-10H,1-4H3;1-2H3;. The number of rotatable bonds is 4. The minimum atomic E-state index is 0. The molecule has 0 saturated heterocycles. The molecule has 0 aliphatic heterocycles. The SMILES string of the molecule is CC.COc1cccc(-n2nc(OC(C)C)cc2C)c1.[V]. The molecule has 0 saturated carbocycles. The monoisotopic (exact) mass is 327 g/mol. The number of hydrogen-bond acceptors (Lipinski definition) is 3. The molecular weight excluding hydrogens is 303 g/mol. The molecule has 0 spiro atoms. The van der Waals surface area contributed by atoms with E-state index in [1.807, 2.05) is 69.6 Å². The summed E-state index contributed by atoms with van der Waals surface area (Å²) in [5, 5.41) is 4.43. The van der Waals surface area contributed by atoms with Crippen molar-refractivity contribution < 1.29 is 28.0 Å². The van der Waals surface area contributed by atoms with Crippen molar-refractivity contribution in [1.82, 2.24) is 9.78 Å². The molecule has 5 heteroatoms. The van der Waals surface area contributed by atoms with Crippen LogP contribution in [0, 0.1) is 6.92 Å². The molecule has 1 radical (unpaired) electrons. The Bertz CT molecular complexity index is 539. The van der Waals surface area contributed by atoms with E-state index in [0.29, 0.717) is 5.88 Å². The maximum atomic E-state index is 5.59. The van der Waals surface area contributed by atoms with Crippen LogP contribution < -0.4 is 9.47 Å². The molecule has 2 aromatic rings. The maximum Gasteiger partial charge on any atom is 0.233 e. The van der Waals surface area contributed by atoms with E-state index in [-0.39, 0.29) is 24.7 Å². The van der Waals surface area contributed by atoms with Gasteiger partial charge in [-0.3, -0.25) is 0 Å². The summed E-state index contributed by atoms with van der Waals surface area (Å²) < 4.78 is 12.7. The van der Waals surface area contributed by atoms with Crippen LogP contribution in [0.2, 0.25) is 0 Å². The number of benzene rings is 1. The number of ether oxygens (including phenoxy) is 2. The van der Waals surface area contributed by atoms with Crippen LogP contribution >= 0.6 is 0 Å². The van der Waals surface area contributed by atoms with Crippen LogP contribution in [-0.2, 0) is 18.6 Å². The van der Waals surface area contributed by atoms with Crippen molar-refractivity contribution in [2.75, 3.05) is 7.11 Å². The molecule has 1 aromatic carbocycles. The third kappa shape index (κ3) is 5.48. The van der Waals surface area contributed by atoms with E-state index in [0.717, 1.165) is 17.1 Å². The van der Waals surface area contributed by atoms with Crippen LogP contribution in [0.15, 0.2) is 30.3 Å². The van der Waals surface area contributed by atoms with Gasteiger partial charge in [-0.05, 0) is 32.9 Å². The number of aromatic nitrogens is 2. The fraction of sp³-hybridized carbons (Fsp3) is 0.438. The van der Waals surface area contributed by atoms with Crippen LogP contribution in [0.4, 0.5) is 0 Å². The fourth-order valence-corrected chi connectivity index (χ4v) is 1.75. The number of nitrogens with zero attached hydrogens (tertiary/aromatic N) is 2. The summed E-state index contributed by atoms with van der Waals surface area (Å²) in [6, 6.07) is 9.71. The predicted molar refractivity (Wildman–Crippen MR) is 82.0 cm³/mol. The maximum absolute atomic E-state index is 5.59. The summed E-state index contributed by atoms with van der Waals surface area (Å²) in [5.41, 5.74) is 1.99. The van der Waals surface area contributed by atoms with Crippen molar-refractivity contribution in [3.8, 4) is 17.3 Å². The van der Waals surface area contributed by atoms with Crippen molar-refractivity contribution in [2.24, 2.45) is 0 Å². The molecule has 115 valence electrons. The van der Waals surface area contributed by atoms with E-state index in [4.69, 9.17) is 9.47 Å². The molecule has 0 unspecified atom stereocenters. The van der Waals surface area contributed by atoms with Gasteiger partial charge in [0, 0.05) is 36.4 Å². The second-order valence-electron chi connectivity index (χ2n) is 4.40. The summed E-state index contributed by atoms with van der Waals surface area (Å²) >= 11 is 0. The molecule has 21 heavy (non-hydrogen) atoms. The van der Waals surface area contributed by atoms with Gasteiger partial charge < -0.3 is 9.47 Å². The minimum Gasteiger partial charge on any atom is -0.497 e. The first-order valence-electron chi connectivity index (χ1n) is 6.98. The minimum absolute atomic E-state index is 0. The first-order valence-corrected chi connectivity index (χ1v) is 6.98. The Labute approximate surface area is 139 Å². The van der Waals surface area contributed by atoms with Gasteiger partial charge in [-0.25, -0.2) is 4.68 Å². The zero-order chi connectivity index (χ0) is 15.1. The third-order valence-electron chi connectivity index (χ3n) is 2.52. The Morgan fingerprint density at radius 2 is 1.81 bits per heavy atom. The Balaban J connectivity index is 0.00000128. The van der Waals surface area contributed by atoms with Crippen LogP contribution in [0.5, 0.6) is 11.6 Å². The van der Waals surface area contributed by atoms with Gasteiger partial charge in [0.05, 0.1) is 18.9 Å². The molecular formula is C16H24N2O2V. The molecule has 2 rings (SSSR count). The van der Waals surface area contributed by atoms with Crippen LogP contribution in [0.1, 0.15) is 33.4 Å². The van der Waals surface area contributed by atoms with Crippen LogP contribution in [0.3, 0.4) is 0 Å². The van der Waals surface area contributed by atoms with Crippen molar-refractivity contribution in [3.63, 3.8) is 0 Å². The molecule has 0 N–H and O–H groups in total. The molecule has 0 atom stereocenters. The summed E-state index contributed by atoms with van der Waals surface area (Å²) in [7, 11) is 1.66. The van der Waals surface area contributed by atoms with Gasteiger partial charge in [0.15, 0.2) is 0 Å². The fourth-order valence-electron chi connectivity index (χ4n) is 1.75. The quantitative estimate of drug-likeness (QED) is 0.851. The van der Waals surface area contributed by atoms with Gasteiger partial charge in [-0.15, -0.1) is 5.10 Å². The molecule has 1 aromatic heterocycles. The summed E-state index contributed by atoms with van der Waals surface area (Å²) in [6.45, 7) is 9.97. The molecule has 0 fully saturated rings. The number of hydrogen-bond donors (Lipinski definition) is 0.